The Kier molecular flexibility index (Phi) is 5.27. The molecule has 2 N–H and O–H groups in total. The van der Waals surface area contributed by atoms with Gasteiger partial charge in [0.15, 0.2) is 0 Å². The van der Waals surface area contributed by atoms with E-state index in [1.807, 2.05) is 0 Å². The second kappa shape index (κ2) is 6.79. The number of rotatable bonds is 5. The molecule has 2 rings (SSSR count). The Morgan fingerprint density at radius 3 is 2.33 bits per heavy atom. The molecule has 0 amide bonds. The quantitative estimate of drug-likeness (QED) is 0.820. The van der Waals surface area contributed by atoms with E-state index < -0.39 is 10.0 Å². The number of hydrogen-bond acceptors (Lipinski definition) is 3. The molecule has 0 unspecified atom stereocenters. The summed E-state index contributed by atoms with van der Waals surface area (Å²) in [6, 6.07) is 11.6. The Hall–Kier alpha value is -1.08. The van der Waals surface area contributed by atoms with Gasteiger partial charge in [0.25, 0.3) is 0 Å². The molecule has 2 aromatic rings. The van der Waals surface area contributed by atoms with Gasteiger partial charge in [0.1, 0.15) is 0 Å². The van der Waals surface area contributed by atoms with Crippen molar-refractivity contribution in [1.82, 2.24) is 0 Å². The predicted octanol–water partition coefficient (Wildman–Crippen LogP) is 3.54. The van der Waals surface area contributed by atoms with E-state index in [9.17, 15) is 8.42 Å². The summed E-state index contributed by atoms with van der Waals surface area (Å²) in [4.78, 5) is 0. The molecule has 112 valence electrons. The molecule has 0 atom stereocenters. The van der Waals surface area contributed by atoms with Gasteiger partial charge in [0.05, 0.1) is 18.0 Å². The zero-order valence-electron chi connectivity index (χ0n) is 10.9. The summed E-state index contributed by atoms with van der Waals surface area (Å²) in [6.07, 6.45) is 0. The molecule has 0 spiro atoms. The maximum absolute atomic E-state index is 12.2. The number of aliphatic hydroxyl groups excluding tert-OH is 1. The Morgan fingerprint density at radius 1 is 1.10 bits per heavy atom. The van der Waals surface area contributed by atoms with Crippen molar-refractivity contribution in [3.05, 3.63) is 63.1 Å². The summed E-state index contributed by atoms with van der Waals surface area (Å²) in [7, 11) is -3.55. The normalized spacial score (nSPS) is 11.4. The molecule has 0 aliphatic carbocycles. The molecule has 21 heavy (non-hydrogen) atoms. The molecule has 0 heterocycles. The molecule has 0 aliphatic heterocycles. The molecular formula is C14H13BrClNO3S. The van der Waals surface area contributed by atoms with Crippen molar-refractivity contribution < 1.29 is 13.5 Å². The van der Waals surface area contributed by atoms with Crippen molar-refractivity contribution >= 4 is 43.2 Å². The lowest BCUT2D eigenvalue weighted by Crippen LogP contribution is -2.15. The summed E-state index contributed by atoms with van der Waals surface area (Å²) in [5, 5.41) is 9.41. The number of benzene rings is 2. The number of anilines is 1. The second-order valence-corrected chi connectivity index (χ2v) is 7.47. The van der Waals surface area contributed by atoms with E-state index in [1.165, 1.54) is 6.07 Å². The van der Waals surface area contributed by atoms with Gasteiger partial charge in [-0.2, -0.15) is 0 Å². The molecule has 0 saturated heterocycles. The van der Waals surface area contributed by atoms with Gasteiger partial charge in [-0.1, -0.05) is 35.9 Å². The smallest absolute Gasteiger partial charge is 0.236 e. The van der Waals surface area contributed by atoms with Crippen molar-refractivity contribution in [2.75, 3.05) is 4.72 Å². The van der Waals surface area contributed by atoms with E-state index in [0.29, 0.717) is 20.7 Å². The highest BCUT2D eigenvalue weighted by Crippen LogP contribution is 2.27. The average molecular weight is 391 g/mol. The van der Waals surface area contributed by atoms with Crippen LogP contribution in [0.2, 0.25) is 5.02 Å². The minimum Gasteiger partial charge on any atom is -0.392 e. The standard InChI is InChI=1S/C14H13BrClNO3S/c15-13-6-5-12(16)7-14(13)17-21(19,20)9-11-3-1-10(8-18)2-4-11/h1-7,17-18H,8-9H2. The average Bonchev–Trinajstić information content (AvgIpc) is 2.43. The van der Waals surface area contributed by atoms with E-state index >= 15 is 0 Å². The first-order chi connectivity index (χ1) is 9.89. The highest BCUT2D eigenvalue weighted by Gasteiger charge is 2.14. The van der Waals surface area contributed by atoms with Crippen molar-refractivity contribution in [2.24, 2.45) is 0 Å². The van der Waals surface area contributed by atoms with Gasteiger partial charge in [-0.3, -0.25) is 4.72 Å². The first kappa shape index (κ1) is 16.3. The monoisotopic (exact) mass is 389 g/mol. The summed E-state index contributed by atoms with van der Waals surface area (Å²) in [5.74, 6) is -0.155. The molecule has 2 aromatic carbocycles. The predicted molar refractivity (Wildman–Crippen MR) is 87.8 cm³/mol. The third-order valence-electron chi connectivity index (χ3n) is 2.76. The fourth-order valence-electron chi connectivity index (χ4n) is 1.74. The van der Waals surface area contributed by atoms with Crippen LogP contribution in [-0.4, -0.2) is 13.5 Å². The number of hydrogen-bond donors (Lipinski definition) is 2. The molecule has 0 bridgehead atoms. The van der Waals surface area contributed by atoms with E-state index in [0.717, 1.165) is 5.56 Å². The van der Waals surface area contributed by atoms with Crippen LogP contribution >= 0.6 is 27.5 Å². The molecule has 0 aliphatic rings. The summed E-state index contributed by atoms with van der Waals surface area (Å²) in [5.41, 5.74) is 1.77. The second-order valence-electron chi connectivity index (χ2n) is 4.46. The molecule has 7 heteroatoms. The van der Waals surface area contributed by atoms with Crippen LogP contribution in [0.3, 0.4) is 0 Å². The van der Waals surface area contributed by atoms with Gasteiger partial charge >= 0.3 is 0 Å². The topological polar surface area (TPSA) is 66.4 Å². The number of aliphatic hydroxyl groups is 1. The molecular weight excluding hydrogens is 378 g/mol. The van der Waals surface area contributed by atoms with Gasteiger partial charge in [-0.15, -0.1) is 0 Å². The molecule has 4 nitrogen and oxygen atoms in total. The fourth-order valence-corrected chi connectivity index (χ4v) is 3.60. The lowest BCUT2D eigenvalue weighted by atomic mass is 10.2. The van der Waals surface area contributed by atoms with Crippen LogP contribution in [-0.2, 0) is 22.4 Å². The summed E-state index contributed by atoms with van der Waals surface area (Å²) >= 11 is 9.13. The first-order valence-corrected chi connectivity index (χ1v) is 8.86. The van der Waals surface area contributed by atoms with Gasteiger partial charge in [-0.05, 0) is 45.3 Å². The third kappa shape index (κ3) is 4.71. The van der Waals surface area contributed by atoms with Crippen LogP contribution in [0.5, 0.6) is 0 Å². The Balaban J connectivity index is 2.16. The highest BCUT2D eigenvalue weighted by molar-refractivity contribution is 9.10. The highest BCUT2D eigenvalue weighted by atomic mass is 79.9. The van der Waals surface area contributed by atoms with Crippen molar-refractivity contribution in [2.45, 2.75) is 12.4 Å². The molecule has 0 fully saturated rings. The van der Waals surface area contributed by atoms with Crippen LogP contribution in [0, 0.1) is 0 Å². The SMILES string of the molecule is O=S(=O)(Cc1ccc(CO)cc1)Nc1cc(Cl)ccc1Br. The minimum atomic E-state index is -3.55. The van der Waals surface area contributed by atoms with Crippen LogP contribution < -0.4 is 4.72 Å². The number of sulfonamides is 1. The zero-order valence-corrected chi connectivity index (χ0v) is 14.0. The van der Waals surface area contributed by atoms with Crippen molar-refractivity contribution in [3.8, 4) is 0 Å². The summed E-state index contributed by atoms with van der Waals surface area (Å²) < 4.78 is 27.4. The van der Waals surface area contributed by atoms with E-state index in [4.69, 9.17) is 16.7 Å². The lowest BCUT2D eigenvalue weighted by molar-refractivity contribution is 0.282. The van der Waals surface area contributed by atoms with E-state index in [2.05, 4.69) is 20.7 Å². The maximum Gasteiger partial charge on any atom is 0.236 e. The lowest BCUT2D eigenvalue weighted by Gasteiger charge is -2.10. The maximum atomic E-state index is 12.2. The van der Waals surface area contributed by atoms with Crippen molar-refractivity contribution in [3.63, 3.8) is 0 Å². The van der Waals surface area contributed by atoms with Gasteiger partial charge in [-0.25, -0.2) is 8.42 Å². The van der Waals surface area contributed by atoms with Crippen LogP contribution in [0.1, 0.15) is 11.1 Å². The molecule has 0 aromatic heterocycles. The van der Waals surface area contributed by atoms with E-state index in [1.54, 1.807) is 36.4 Å². The van der Waals surface area contributed by atoms with E-state index in [-0.39, 0.29) is 12.4 Å². The fraction of sp³-hybridized carbons (Fsp3) is 0.143. The van der Waals surface area contributed by atoms with Gasteiger partial charge in [0, 0.05) is 9.50 Å². The van der Waals surface area contributed by atoms with Gasteiger partial charge < -0.3 is 5.11 Å². The largest absolute Gasteiger partial charge is 0.392 e. The number of nitrogens with one attached hydrogen (secondary N) is 1. The Morgan fingerprint density at radius 2 is 1.71 bits per heavy atom. The summed E-state index contributed by atoms with van der Waals surface area (Å²) in [6.45, 7) is -0.0687. The van der Waals surface area contributed by atoms with Crippen molar-refractivity contribution in [1.29, 1.82) is 0 Å². The van der Waals surface area contributed by atoms with Gasteiger partial charge in [0.2, 0.25) is 10.0 Å². The minimum absolute atomic E-state index is 0.0687. The Labute approximate surface area is 136 Å². The van der Waals surface area contributed by atoms with Crippen LogP contribution in [0.4, 0.5) is 5.69 Å². The molecule has 0 saturated carbocycles. The number of halogens is 2. The van der Waals surface area contributed by atoms with Crippen LogP contribution in [0.25, 0.3) is 0 Å². The first-order valence-electron chi connectivity index (χ1n) is 6.04. The zero-order chi connectivity index (χ0) is 15.5. The Bertz CT molecular complexity index is 732. The third-order valence-corrected chi connectivity index (χ3v) is 4.93. The molecule has 0 radical (unpaired) electrons. The van der Waals surface area contributed by atoms with Crippen LogP contribution in [0.15, 0.2) is 46.9 Å².